The number of nitrogens with one attached hydrogen (secondary N) is 1. The molecule has 14 heavy (non-hydrogen) atoms. The van der Waals surface area contributed by atoms with Gasteiger partial charge in [-0.2, -0.15) is 5.06 Å². The lowest BCUT2D eigenvalue weighted by Crippen LogP contribution is -2.41. The average molecular weight is 231 g/mol. The van der Waals surface area contributed by atoms with Crippen molar-refractivity contribution in [3.05, 3.63) is 0 Å². The summed E-state index contributed by atoms with van der Waals surface area (Å²) in [7, 11) is 2.68. The SMILES string of the molecule is CNC(=O)[C@@H]1CC(F)(F)CN1OC.Cl. The van der Waals surface area contributed by atoms with E-state index in [1.807, 2.05) is 0 Å². The molecule has 1 saturated heterocycles. The van der Waals surface area contributed by atoms with Crippen LogP contribution in [-0.2, 0) is 9.63 Å². The first-order valence-electron chi connectivity index (χ1n) is 3.90. The van der Waals surface area contributed by atoms with Crippen molar-refractivity contribution in [3.8, 4) is 0 Å². The zero-order valence-electron chi connectivity index (χ0n) is 7.92. The molecular formula is C7H13ClF2N2O2. The van der Waals surface area contributed by atoms with Crippen molar-refractivity contribution in [1.29, 1.82) is 0 Å². The Balaban J connectivity index is 0.00000169. The third-order valence-electron chi connectivity index (χ3n) is 2.01. The zero-order valence-corrected chi connectivity index (χ0v) is 8.74. The van der Waals surface area contributed by atoms with Crippen LogP contribution >= 0.6 is 12.4 Å². The molecule has 0 aromatic rings. The number of hydrogen-bond donors (Lipinski definition) is 1. The van der Waals surface area contributed by atoms with Gasteiger partial charge in [-0.3, -0.25) is 4.79 Å². The Morgan fingerprint density at radius 3 is 2.64 bits per heavy atom. The number of amides is 1. The van der Waals surface area contributed by atoms with Crippen LogP contribution < -0.4 is 5.32 Å². The van der Waals surface area contributed by atoms with Gasteiger partial charge in [-0.15, -0.1) is 12.4 Å². The quantitative estimate of drug-likeness (QED) is 0.748. The van der Waals surface area contributed by atoms with Gasteiger partial charge in [0.05, 0.1) is 13.7 Å². The second kappa shape index (κ2) is 4.86. The fraction of sp³-hybridized carbons (Fsp3) is 0.857. The minimum absolute atomic E-state index is 0. The fourth-order valence-corrected chi connectivity index (χ4v) is 1.37. The smallest absolute Gasteiger partial charge is 0.265 e. The van der Waals surface area contributed by atoms with Gasteiger partial charge < -0.3 is 10.2 Å². The Kier molecular flexibility index (Phi) is 4.70. The number of nitrogens with zero attached hydrogens (tertiary/aromatic N) is 1. The maximum atomic E-state index is 12.8. The summed E-state index contributed by atoms with van der Waals surface area (Å²) in [5.41, 5.74) is 0. The summed E-state index contributed by atoms with van der Waals surface area (Å²) in [6.07, 6.45) is -0.486. The van der Waals surface area contributed by atoms with Crippen LogP contribution in [0.25, 0.3) is 0 Å². The Labute approximate surface area is 86.9 Å². The summed E-state index contributed by atoms with van der Waals surface area (Å²) in [6, 6.07) is -0.884. The Morgan fingerprint density at radius 1 is 1.64 bits per heavy atom. The van der Waals surface area contributed by atoms with Gasteiger partial charge in [-0.25, -0.2) is 8.78 Å². The number of carbonyl (C=O) groups excluding carboxylic acids is 1. The summed E-state index contributed by atoms with van der Waals surface area (Å²) >= 11 is 0. The molecule has 1 aliphatic rings. The maximum absolute atomic E-state index is 12.8. The van der Waals surface area contributed by atoms with Crippen molar-refractivity contribution >= 4 is 18.3 Å². The molecule has 0 saturated carbocycles. The molecule has 1 atom stereocenters. The predicted octanol–water partition coefficient (Wildman–Crippen LogP) is 0.425. The molecule has 1 N–H and O–H groups in total. The van der Waals surface area contributed by atoms with E-state index in [0.29, 0.717) is 0 Å². The third-order valence-corrected chi connectivity index (χ3v) is 2.01. The van der Waals surface area contributed by atoms with E-state index >= 15 is 0 Å². The van der Waals surface area contributed by atoms with Crippen molar-refractivity contribution in [1.82, 2.24) is 10.4 Å². The minimum Gasteiger partial charge on any atom is -0.358 e. The molecule has 1 heterocycles. The second-order valence-corrected chi connectivity index (χ2v) is 2.95. The van der Waals surface area contributed by atoms with E-state index in [4.69, 9.17) is 0 Å². The largest absolute Gasteiger partial charge is 0.358 e. The highest BCUT2D eigenvalue weighted by molar-refractivity contribution is 5.85. The molecule has 0 spiro atoms. The summed E-state index contributed by atoms with van der Waals surface area (Å²) in [5.74, 6) is -3.29. The molecule has 0 aromatic heterocycles. The van der Waals surface area contributed by atoms with Crippen LogP contribution in [0, 0.1) is 0 Å². The van der Waals surface area contributed by atoms with Crippen molar-refractivity contribution in [2.24, 2.45) is 0 Å². The molecule has 1 rings (SSSR count). The average Bonchev–Trinajstić information content (AvgIpc) is 2.39. The van der Waals surface area contributed by atoms with Gasteiger partial charge in [0, 0.05) is 13.5 Å². The number of alkyl halides is 2. The molecule has 1 fully saturated rings. The summed E-state index contributed by atoms with van der Waals surface area (Å²) in [4.78, 5) is 15.8. The van der Waals surface area contributed by atoms with Gasteiger partial charge in [-0.05, 0) is 0 Å². The molecule has 84 valence electrons. The summed E-state index contributed by atoms with van der Waals surface area (Å²) in [5, 5.41) is 3.31. The standard InChI is InChI=1S/C7H12F2N2O2.ClH/c1-10-6(12)5-3-7(8,9)4-11(5)13-2;/h5H,3-4H2,1-2H3,(H,10,12);1H/t5-;/m0./s1. The van der Waals surface area contributed by atoms with E-state index in [0.717, 1.165) is 5.06 Å². The highest BCUT2D eigenvalue weighted by atomic mass is 35.5. The van der Waals surface area contributed by atoms with Gasteiger partial charge in [0.2, 0.25) is 5.91 Å². The predicted molar refractivity (Wildman–Crippen MR) is 48.4 cm³/mol. The van der Waals surface area contributed by atoms with Gasteiger partial charge in [-0.1, -0.05) is 0 Å². The van der Waals surface area contributed by atoms with Crippen LogP contribution in [0.15, 0.2) is 0 Å². The number of likely N-dealkylation sites (N-methyl/N-ethyl adjacent to an activating group) is 1. The first-order valence-corrected chi connectivity index (χ1v) is 3.90. The molecule has 7 heteroatoms. The van der Waals surface area contributed by atoms with E-state index in [2.05, 4.69) is 10.2 Å². The molecule has 4 nitrogen and oxygen atoms in total. The lowest BCUT2D eigenvalue weighted by atomic mass is 10.2. The highest BCUT2D eigenvalue weighted by Gasteiger charge is 2.48. The van der Waals surface area contributed by atoms with Crippen LogP contribution in [0.4, 0.5) is 8.78 Å². The Morgan fingerprint density at radius 2 is 2.21 bits per heavy atom. The molecule has 0 aliphatic carbocycles. The molecule has 0 radical (unpaired) electrons. The van der Waals surface area contributed by atoms with Crippen molar-refractivity contribution in [2.45, 2.75) is 18.4 Å². The molecule has 1 amide bonds. The Bertz CT molecular complexity index is 216. The van der Waals surface area contributed by atoms with Crippen molar-refractivity contribution < 1.29 is 18.4 Å². The number of halogens is 3. The summed E-state index contributed by atoms with van der Waals surface area (Å²) in [6.45, 7) is -0.526. The minimum atomic E-state index is -2.84. The van der Waals surface area contributed by atoms with Crippen molar-refractivity contribution in [2.75, 3.05) is 20.7 Å². The zero-order chi connectivity index (χ0) is 10.1. The van der Waals surface area contributed by atoms with E-state index in [-0.39, 0.29) is 12.4 Å². The summed E-state index contributed by atoms with van der Waals surface area (Å²) < 4.78 is 25.7. The molecule has 0 aromatic carbocycles. The van der Waals surface area contributed by atoms with Crippen LogP contribution in [0.1, 0.15) is 6.42 Å². The van der Waals surface area contributed by atoms with Crippen molar-refractivity contribution in [3.63, 3.8) is 0 Å². The van der Waals surface area contributed by atoms with E-state index in [1.165, 1.54) is 14.2 Å². The van der Waals surface area contributed by atoms with Crippen LogP contribution in [0.2, 0.25) is 0 Å². The lowest BCUT2D eigenvalue weighted by molar-refractivity contribution is -0.165. The molecule has 0 bridgehead atoms. The van der Waals surface area contributed by atoms with Crippen LogP contribution in [0.5, 0.6) is 0 Å². The number of rotatable bonds is 2. The first kappa shape index (κ1) is 13.5. The maximum Gasteiger partial charge on any atom is 0.265 e. The normalized spacial score (nSPS) is 25.6. The second-order valence-electron chi connectivity index (χ2n) is 2.95. The van der Waals surface area contributed by atoms with Gasteiger partial charge in [0.1, 0.15) is 6.04 Å². The van der Waals surface area contributed by atoms with Gasteiger partial charge in [0.15, 0.2) is 0 Å². The van der Waals surface area contributed by atoms with Gasteiger partial charge >= 0.3 is 0 Å². The number of hydrogen-bond acceptors (Lipinski definition) is 3. The van der Waals surface area contributed by atoms with E-state index in [1.54, 1.807) is 0 Å². The first-order chi connectivity index (χ1) is 6.00. The van der Waals surface area contributed by atoms with E-state index in [9.17, 15) is 13.6 Å². The van der Waals surface area contributed by atoms with Crippen LogP contribution in [-0.4, -0.2) is 43.6 Å². The monoisotopic (exact) mass is 230 g/mol. The molecular weight excluding hydrogens is 218 g/mol. The van der Waals surface area contributed by atoms with Gasteiger partial charge in [0.25, 0.3) is 5.92 Å². The van der Waals surface area contributed by atoms with E-state index < -0.39 is 30.8 Å². The topological polar surface area (TPSA) is 41.6 Å². The Hall–Kier alpha value is -0.460. The van der Waals surface area contributed by atoms with Crippen LogP contribution in [0.3, 0.4) is 0 Å². The number of hydroxylamine groups is 2. The number of carbonyl (C=O) groups is 1. The molecule has 1 aliphatic heterocycles. The highest BCUT2D eigenvalue weighted by Crippen LogP contribution is 2.31. The lowest BCUT2D eigenvalue weighted by Gasteiger charge is -2.18. The molecule has 0 unspecified atom stereocenters. The third kappa shape index (κ3) is 2.76. The fourth-order valence-electron chi connectivity index (χ4n) is 1.37.